The van der Waals surface area contributed by atoms with Crippen LogP contribution in [-0.2, 0) is 11.3 Å². The Bertz CT molecular complexity index is 1080. The molecule has 1 aliphatic rings. The van der Waals surface area contributed by atoms with Crippen molar-refractivity contribution in [1.82, 2.24) is 15.8 Å². The average molecular weight is 413 g/mol. The molecule has 0 saturated heterocycles. The van der Waals surface area contributed by atoms with E-state index in [4.69, 9.17) is 4.74 Å². The number of carbonyl (C=O) groups excluding carboxylic acids is 2. The number of hydrazine groups is 1. The van der Waals surface area contributed by atoms with Gasteiger partial charge in [0, 0.05) is 17.7 Å². The number of amides is 2. The van der Waals surface area contributed by atoms with Gasteiger partial charge in [-0.15, -0.1) is 0 Å². The van der Waals surface area contributed by atoms with Crippen molar-refractivity contribution in [2.24, 2.45) is 0 Å². The minimum Gasteiger partial charge on any atom is -0.497 e. The normalized spacial score (nSPS) is 15.8. The minimum absolute atomic E-state index is 0.294. The molecule has 3 aromatic rings. The van der Waals surface area contributed by atoms with Gasteiger partial charge in [0.05, 0.1) is 12.8 Å². The number of nitrogens with one attached hydrogen (secondary N) is 2. The molecule has 31 heavy (non-hydrogen) atoms. The van der Waals surface area contributed by atoms with Crippen molar-refractivity contribution in [2.75, 3.05) is 7.11 Å². The van der Waals surface area contributed by atoms with Gasteiger partial charge in [0.15, 0.2) is 0 Å². The van der Waals surface area contributed by atoms with E-state index in [9.17, 15) is 9.59 Å². The van der Waals surface area contributed by atoms with Gasteiger partial charge in [-0.1, -0.05) is 48.5 Å². The van der Waals surface area contributed by atoms with Gasteiger partial charge in [0.25, 0.3) is 11.8 Å². The largest absolute Gasteiger partial charge is 0.497 e. The first-order valence-corrected chi connectivity index (χ1v) is 9.99. The number of methoxy groups -OCH3 is 1. The monoisotopic (exact) mass is 413 g/mol. The van der Waals surface area contributed by atoms with Gasteiger partial charge in [-0.25, -0.2) is 5.01 Å². The molecule has 2 N–H and O–H groups in total. The summed E-state index contributed by atoms with van der Waals surface area (Å²) >= 11 is 0. The van der Waals surface area contributed by atoms with Crippen LogP contribution in [0, 0.1) is 0 Å². The van der Waals surface area contributed by atoms with E-state index in [-0.39, 0.29) is 11.8 Å². The van der Waals surface area contributed by atoms with Crippen molar-refractivity contribution in [1.29, 1.82) is 0 Å². The van der Waals surface area contributed by atoms with Crippen LogP contribution in [0.2, 0.25) is 0 Å². The second kappa shape index (κ2) is 9.28. The minimum atomic E-state index is -0.586. The Morgan fingerprint density at radius 2 is 1.61 bits per heavy atom. The maximum absolute atomic E-state index is 13.2. The molecule has 6 heteroatoms. The van der Waals surface area contributed by atoms with Crippen LogP contribution in [-0.4, -0.2) is 30.0 Å². The van der Waals surface area contributed by atoms with Crippen molar-refractivity contribution in [2.45, 2.75) is 12.6 Å². The van der Waals surface area contributed by atoms with Crippen LogP contribution < -0.4 is 15.5 Å². The maximum atomic E-state index is 13.2. The number of carbonyl (C=O) groups is 2. The van der Waals surface area contributed by atoms with E-state index >= 15 is 0 Å². The SMILES string of the molecule is COc1ccc(C2=CC(NCc3ccccc3)C(=O)NN2C(=O)c2ccccc2)cc1. The molecule has 0 aliphatic carbocycles. The molecule has 4 rings (SSSR count). The van der Waals surface area contributed by atoms with E-state index in [0.717, 1.165) is 11.1 Å². The smallest absolute Gasteiger partial charge is 0.277 e. The van der Waals surface area contributed by atoms with Gasteiger partial charge in [0.1, 0.15) is 11.8 Å². The zero-order valence-electron chi connectivity index (χ0n) is 17.1. The third kappa shape index (κ3) is 4.65. The van der Waals surface area contributed by atoms with Gasteiger partial charge in [-0.3, -0.25) is 20.3 Å². The average Bonchev–Trinajstić information content (AvgIpc) is 2.84. The number of ether oxygens (including phenoxy) is 1. The van der Waals surface area contributed by atoms with Gasteiger partial charge < -0.3 is 4.74 Å². The summed E-state index contributed by atoms with van der Waals surface area (Å²) in [5.74, 6) is 0.110. The lowest BCUT2D eigenvalue weighted by Crippen LogP contribution is -2.55. The second-order valence-electron chi connectivity index (χ2n) is 7.11. The fourth-order valence-electron chi connectivity index (χ4n) is 3.38. The summed E-state index contributed by atoms with van der Waals surface area (Å²) in [6, 6.07) is 25.5. The van der Waals surface area contributed by atoms with E-state index in [0.29, 0.717) is 23.6 Å². The molecule has 1 atom stereocenters. The Hall–Kier alpha value is -3.90. The molecule has 0 saturated carbocycles. The van der Waals surface area contributed by atoms with Crippen LogP contribution in [0.1, 0.15) is 21.5 Å². The van der Waals surface area contributed by atoms with E-state index < -0.39 is 6.04 Å². The molecule has 0 spiro atoms. The summed E-state index contributed by atoms with van der Waals surface area (Å²) in [7, 11) is 1.60. The zero-order valence-corrected chi connectivity index (χ0v) is 17.1. The molecule has 0 radical (unpaired) electrons. The molecule has 1 heterocycles. The number of rotatable bonds is 6. The Morgan fingerprint density at radius 1 is 0.968 bits per heavy atom. The molecule has 1 unspecified atom stereocenters. The first-order valence-electron chi connectivity index (χ1n) is 9.99. The van der Waals surface area contributed by atoms with E-state index in [1.54, 1.807) is 37.5 Å². The fraction of sp³-hybridized carbons (Fsp3) is 0.120. The molecule has 1 aliphatic heterocycles. The molecule has 6 nitrogen and oxygen atoms in total. The van der Waals surface area contributed by atoms with Crippen molar-refractivity contribution < 1.29 is 14.3 Å². The van der Waals surface area contributed by atoms with Gasteiger partial charge in [-0.05, 0) is 48.0 Å². The maximum Gasteiger partial charge on any atom is 0.277 e. The van der Waals surface area contributed by atoms with Gasteiger partial charge in [0.2, 0.25) is 0 Å². The topological polar surface area (TPSA) is 70.7 Å². The Morgan fingerprint density at radius 3 is 2.26 bits per heavy atom. The number of nitrogens with zero attached hydrogens (tertiary/aromatic N) is 1. The molecule has 0 aromatic heterocycles. The van der Waals surface area contributed by atoms with Crippen molar-refractivity contribution in [3.63, 3.8) is 0 Å². The van der Waals surface area contributed by atoms with E-state index in [2.05, 4.69) is 10.7 Å². The molecule has 2 amide bonds. The third-order valence-corrected chi connectivity index (χ3v) is 5.05. The highest BCUT2D eigenvalue weighted by Gasteiger charge is 2.31. The molecule has 0 fully saturated rings. The molecular weight excluding hydrogens is 390 g/mol. The summed E-state index contributed by atoms with van der Waals surface area (Å²) in [4.78, 5) is 26.0. The van der Waals surface area contributed by atoms with Crippen LogP contribution >= 0.6 is 0 Å². The fourth-order valence-corrected chi connectivity index (χ4v) is 3.38. The number of benzene rings is 3. The zero-order chi connectivity index (χ0) is 21.6. The predicted octanol–water partition coefficient (Wildman–Crippen LogP) is 3.38. The van der Waals surface area contributed by atoms with Crippen molar-refractivity contribution >= 4 is 17.5 Å². The number of hydrogen-bond donors (Lipinski definition) is 2. The van der Waals surface area contributed by atoms with Crippen LogP contribution in [0.5, 0.6) is 5.75 Å². The Balaban J connectivity index is 1.66. The third-order valence-electron chi connectivity index (χ3n) is 5.05. The summed E-state index contributed by atoms with van der Waals surface area (Å²) in [5.41, 5.74) is 5.70. The van der Waals surface area contributed by atoms with Gasteiger partial charge >= 0.3 is 0 Å². The molecular formula is C25H23N3O3. The van der Waals surface area contributed by atoms with Crippen LogP contribution in [0.15, 0.2) is 91.0 Å². The standard InChI is InChI=1S/C25H23N3O3/c1-31-21-14-12-19(13-15-21)23-16-22(26-17-18-8-4-2-5-9-18)24(29)27-28(23)25(30)20-10-6-3-7-11-20/h2-16,22,26H,17H2,1H3,(H,27,29). The lowest BCUT2D eigenvalue weighted by Gasteiger charge is -2.33. The van der Waals surface area contributed by atoms with Gasteiger partial charge in [-0.2, -0.15) is 0 Å². The summed E-state index contributed by atoms with van der Waals surface area (Å²) < 4.78 is 5.24. The van der Waals surface area contributed by atoms with E-state index in [1.807, 2.05) is 60.7 Å². The summed E-state index contributed by atoms with van der Waals surface area (Å²) in [6.07, 6.45) is 1.78. The molecule has 3 aromatic carbocycles. The van der Waals surface area contributed by atoms with Crippen LogP contribution in [0.4, 0.5) is 0 Å². The highest BCUT2D eigenvalue weighted by Crippen LogP contribution is 2.25. The second-order valence-corrected chi connectivity index (χ2v) is 7.11. The first kappa shape index (κ1) is 20.4. The lowest BCUT2D eigenvalue weighted by atomic mass is 10.0. The van der Waals surface area contributed by atoms with E-state index in [1.165, 1.54) is 5.01 Å². The van der Waals surface area contributed by atoms with Crippen molar-refractivity contribution in [3.05, 3.63) is 108 Å². The summed E-state index contributed by atoms with van der Waals surface area (Å²) in [6.45, 7) is 0.526. The Kier molecular flexibility index (Phi) is 6.10. The molecule has 156 valence electrons. The lowest BCUT2D eigenvalue weighted by molar-refractivity contribution is -0.125. The number of hydrogen-bond acceptors (Lipinski definition) is 4. The molecule has 0 bridgehead atoms. The predicted molar refractivity (Wildman–Crippen MR) is 119 cm³/mol. The van der Waals surface area contributed by atoms with Crippen LogP contribution in [0.3, 0.4) is 0 Å². The Labute approximate surface area is 181 Å². The van der Waals surface area contributed by atoms with Crippen LogP contribution in [0.25, 0.3) is 5.70 Å². The first-order chi connectivity index (χ1) is 15.2. The highest BCUT2D eigenvalue weighted by atomic mass is 16.5. The quantitative estimate of drug-likeness (QED) is 0.650. The highest BCUT2D eigenvalue weighted by molar-refractivity contribution is 6.03. The summed E-state index contributed by atoms with van der Waals surface area (Å²) in [5, 5.41) is 4.56. The van der Waals surface area contributed by atoms with Crippen molar-refractivity contribution in [3.8, 4) is 5.75 Å².